The molecule has 1 aromatic carbocycles. The molecule has 1 rings (SSSR count). The summed E-state index contributed by atoms with van der Waals surface area (Å²) in [4.78, 5) is 14.1. The van der Waals surface area contributed by atoms with E-state index in [-0.39, 0.29) is 6.03 Å². The maximum absolute atomic E-state index is 11.7. The highest BCUT2D eigenvalue weighted by molar-refractivity contribution is 5.73. The molecule has 0 aliphatic carbocycles. The second-order valence-electron chi connectivity index (χ2n) is 4.80. The van der Waals surface area contributed by atoms with Gasteiger partial charge in [-0.1, -0.05) is 32.0 Å². The van der Waals surface area contributed by atoms with Gasteiger partial charge >= 0.3 is 6.03 Å². The van der Waals surface area contributed by atoms with Gasteiger partial charge in [0.1, 0.15) is 5.75 Å². The molecule has 0 heterocycles. The monoisotopic (exact) mass is 293 g/mol. The Hall–Kier alpha value is -1.75. The third-order valence-corrected chi connectivity index (χ3v) is 3.46. The van der Waals surface area contributed by atoms with Crippen LogP contribution in [-0.4, -0.2) is 44.2 Å². The molecule has 2 N–H and O–H groups in total. The Kier molecular flexibility index (Phi) is 8.28. The maximum atomic E-state index is 11.7. The zero-order valence-electron chi connectivity index (χ0n) is 13.3. The standard InChI is InChI=1S/C16H27N3O2/c1-4-19(5-2)12-8-11-17-16(20)18-13-14-9-6-7-10-15(14)21-3/h6-7,9-10H,4-5,8,11-13H2,1-3H3,(H2,17,18,20). The van der Waals surface area contributed by atoms with Crippen LogP contribution in [0.5, 0.6) is 5.75 Å². The lowest BCUT2D eigenvalue weighted by atomic mass is 10.2. The van der Waals surface area contributed by atoms with Gasteiger partial charge in [0.25, 0.3) is 0 Å². The number of carbonyl (C=O) groups excluding carboxylic acids is 1. The lowest BCUT2D eigenvalue weighted by Gasteiger charge is -2.17. The van der Waals surface area contributed by atoms with E-state index in [0.717, 1.165) is 37.4 Å². The SMILES string of the molecule is CCN(CC)CCCNC(=O)NCc1ccccc1OC. The first-order valence-corrected chi connectivity index (χ1v) is 7.57. The zero-order chi connectivity index (χ0) is 15.5. The highest BCUT2D eigenvalue weighted by atomic mass is 16.5. The van der Waals surface area contributed by atoms with Crippen LogP contribution < -0.4 is 15.4 Å². The summed E-state index contributed by atoms with van der Waals surface area (Å²) in [6.45, 7) is 8.57. The number of urea groups is 1. The number of para-hydroxylation sites is 1. The molecule has 0 fully saturated rings. The van der Waals surface area contributed by atoms with Crippen LogP contribution in [0.1, 0.15) is 25.8 Å². The molecule has 2 amide bonds. The van der Waals surface area contributed by atoms with Gasteiger partial charge in [-0.15, -0.1) is 0 Å². The predicted octanol–water partition coefficient (Wildman–Crippen LogP) is 2.23. The quantitative estimate of drug-likeness (QED) is 0.687. The second kappa shape index (κ2) is 10.0. The van der Waals surface area contributed by atoms with Gasteiger partial charge in [0.05, 0.1) is 7.11 Å². The van der Waals surface area contributed by atoms with Gasteiger partial charge in [-0.25, -0.2) is 4.79 Å². The largest absolute Gasteiger partial charge is 0.496 e. The molecule has 0 atom stereocenters. The molecule has 0 radical (unpaired) electrons. The van der Waals surface area contributed by atoms with Gasteiger partial charge in [0.15, 0.2) is 0 Å². The molecule has 5 nitrogen and oxygen atoms in total. The van der Waals surface area contributed by atoms with Gasteiger partial charge in [-0.2, -0.15) is 0 Å². The summed E-state index contributed by atoms with van der Waals surface area (Å²) in [6, 6.07) is 7.54. The minimum Gasteiger partial charge on any atom is -0.496 e. The minimum atomic E-state index is -0.138. The van der Waals surface area contributed by atoms with Crippen LogP contribution in [0.2, 0.25) is 0 Å². The van der Waals surface area contributed by atoms with E-state index in [0.29, 0.717) is 13.1 Å². The van der Waals surface area contributed by atoms with Crippen LogP contribution >= 0.6 is 0 Å². The van der Waals surface area contributed by atoms with Crippen molar-refractivity contribution >= 4 is 6.03 Å². The highest BCUT2D eigenvalue weighted by Crippen LogP contribution is 2.16. The number of hydrogen-bond acceptors (Lipinski definition) is 3. The summed E-state index contributed by atoms with van der Waals surface area (Å²) in [5, 5.41) is 5.72. The van der Waals surface area contributed by atoms with E-state index in [2.05, 4.69) is 29.4 Å². The molecular formula is C16H27N3O2. The fraction of sp³-hybridized carbons (Fsp3) is 0.562. The molecule has 118 valence electrons. The van der Waals surface area contributed by atoms with Crippen LogP contribution in [0, 0.1) is 0 Å². The van der Waals surface area contributed by atoms with Crippen LogP contribution in [-0.2, 0) is 6.54 Å². The van der Waals surface area contributed by atoms with Crippen molar-refractivity contribution in [1.82, 2.24) is 15.5 Å². The van der Waals surface area contributed by atoms with Gasteiger partial charge in [-0.3, -0.25) is 0 Å². The fourth-order valence-corrected chi connectivity index (χ4v) is 2.13. The minimum absolute atomic E-state index is 0.138. The number of ether oxygens (including phenoxy) is 1. The number of nitrogens with zero attached hydrogens (tertiary/aromatic N) is 1. The van der Waals surface area contributed by atoms with Gasteiger partial charge < -0.3 is 20.3 Å². The number of rotatable bonds is 9. The second-order valence-corrected chi connectivity index (χ2v) is 4.80. The average molecular weight is 293 g/mol. The Labute approximate surface area is 127 Å². The number of methoxy groups -OCH3 is 1. The van der Waals surface area contributed by atoms with E-state index in [1.807, 2.05) is 24.3 Å². The first-order chi connectivity index (χ1) is 10.2. The number of carbonyl (C=O) groups is 1. The highest BCUT2D eigenvalue weighted by Gasteiger charge is 2.04. The fourth-order valence-electron chi connectivity index (χ4n) is 2.13. The maximum Gasteiger partial charge on any atom is 0.315 e. The van der Waals surface area contributed by atoms with Crippen molar-refractivity contribution in [2.24, 2.45) is 0 Å². The van der Waals surface area contributed by atoms with Gasteiger partial charge in [0, 0.05) is 18.7 Å². The summed E-state index contributed by atoms with van der Waals surface area (Å²) in [6.07, 6.45) is 0.962. The van der Waals surface area contributed by atoms with Crippen molar-refractivity contribution in [2.75, 3.05) is 33.3 Å². The molecule has 1 aromatic rings. The average Bonchev–Trinajstić information content (AvgIpc) is 2.53. The van der Waals surface area contributed by atoms with Crippen molar-refractivity contribution in [3.05, 3.63) is 29.8 Å². The van der Waals surface area contributed by atoms with Gasteiger partial charge in [-0.05, 0) is 32.1 Å². The summed E-state index contributed by atoms with van der Waals surface area (Å²) in [5.41, 5.74) is 0.971. The first kappa shape index (κ1) is 17.3. The first-order valence-electron chi connectivity index (χ1n) is 7.57. The third-order valence-electron chi connectivity index (χ3n) is 3.46. The molecule has 0 bridgehead atoms. The van der Waals surface area contributed by atoms with Crippen molar-refractivity contribution in [3.8, 4) is 5.75 Å². The molecule has 0 saturated carbocycles. The van der Waals surface area contributed by atoms with Gasteiger partial charge in [0.2, 0.25) is 0 Å². The molecule has 0 aliphatic rings. The Balaban J connectivity index is 2.22. The third kappa shape index (κ3) is 6.49. The number of nitrogens with one attached hydrogen (secondary N) is 2. The van der Waals surface area contributed by atoms with Crippen LogP contribution in [0.4, 0.5) is 4.79 Å². The Morgan fingerprint density at radius 2 is 1.90 bits per heavy atom. The van der Waals surface area contributed by atoms with E-state index < -0.39 is 0 Å². The summed E-state index contributed by atoms with van der Waals surface area (Å²) in [5.74, 6) is 0.791. The molecule has 0 unspecified atom stereocenters. The van der Waals surface area contributed by atoms with Crippen molar-refractivity contribution in [3.63, 3.8) is 0 Å². The summed E-state index contributed by atoms with van der Waals surface area (Å²) in [7, 11) is 1.63. The molecule has 5 heteroatoms. The normalized spacial score (nSPS) is 10.5. The summed E-state index contributed by atoms with van der Waals surface area (Å²) < 4.78 is 5.25. The lowest BCUT2D eigenvalue weighted by molar-refractivity contribution is 0.238. The number of amides is 2. The molecule has 0 aliphatic heterocycles. The molecule has 0 aromatic heterocycles. The number of benzene rings is 1. The van der Waals surface area contributed by atoms with E-state index in [4.69, 9.17) is 4.74 Å². The lowest BCUT2D eigenvalue weighted by Crippen LogP contribution is -2.37. The predicted molar refractivity (Wildman–Crippen MR) is 85.6 cm³/mol. The van der Waals surface area contributed by atoms with E-state index in [1.165, 1.54) is 0 Å². The van der Waals surface area contributed by atoms with Crippen molar-refractivity contribution in [1.29, 1.82) is 0 Å². The van der Waals surface area contributed by atoms with E-state index >= 15 is 0 Å². The van der Waals surface area contributed by atoms with Crippen LogP contribution in [0.15, 0.2) is 24.3 Å². The molecule has 0 spiro atoms. The topological polar surface area (TPSA) is 53.6 Å². The van der Waals surface area contributed by atoms with Crippen molar-refractivity contribution in [2.45, 2.75) is 26.8 Å². The summed E-state index contributed by atoms with van der Waals surface area (Å²) >= 11 is 0. The van der Waals surface area contributed by atoms with Crippen LogP contribution in [0.3, 0.4) is 0 Å². The zero-order valence-corrected chi connectivity index (χ0v) is 13.3. The van der Waals surface area contributed by atoms with E-state index in [9.17, 15) is 4.79 Å². The van der Waals surface area contributed by atoms with Crippen molar-refractivity contribution < 1.29 is 9.53 Å². The molecule has 0 saturated heterocycles. The Bertz CT molecular complexity index is 420. The molecule has 21 heavy (non-hydrogen) atoms. The molecular weight excluding hydrogens is 266 g/mol. The number of hydrogen-bond donors (Lipinski definition) is 2. The smallest absolute Gasteiger partial charge is 0.315 e. The Morgan fingerprint density at radius 3 is 2.57 bits per heavy atom. The van der Waals surface area contributed by atoms with Crippen LogP contribution in [0.25, 0.3) is 0 Å². The van der Waals surface area contributed by atoms with E-state index in [1.54, 1.807) is 7.11 Å². The Morgan fingerprint density at radius 1 is 1.19 bits per heavy atom.